The van der Waals surface area contributed by atoms with Crippen LogP contribution in [0.5, 0.6) is 0 Å². The Kier molecular flexibility index (Phi) is 7.38. The minimum atomic E-state index is -2.53. The van der Waals surface area contributed by atoms with E-state index in [-0.39, 0.29) is 5.67 Å². The quantitative estimate of drug-likeness (QED) is 0.597. The smallest absolute Gasteiger partial charge is 0.376 e. The number of nitrogens with zero attached hydrogens (tertiary/aromatic N) is 1. The molecule has 0 fully saturated rings. The average Bonchev–Trinajstić information content (AvgIpc) is 2.30. The molecule has 0 amide bonds. The monoisotopic (exact) mass is 235 g/mol. The van der Waals surface area contributed by atoms with Crippen molar-refractivity contribution in [1.82, 2.24) is 4.90 Å². The lowest BCUT2D eigenvalue weighted by Gasteiger charge is -2.38. The minimum Gasteiger partial charge on any atom is -0.376 e. The summed E-state index contributed by atoms with van der Waals surface area (Å²) in [5.74, 6) is 0. The molecule has 1 unspecified atom stereocenters. The summed E-state index contributed by atoms with van der Waals surface area (Å²) in [5.41, 5.74) is 0.243. The van der Waals surface area contributed by atoms with Crippen LogP contribution in [0.3, 0.4) is 0 Å². The summed E-state index contributed by atoms with van der Waals surface area (Å²) < 4.78 is 16.6. The van der Waals surface area contributed by atoms with Crippen LogP contribution in [0.1, 0.15) is 27.2 Å². The lowest BCUT2D eigenvalue weighted by molar-refractivity contribution is 0.0755. The molecule has 0 N–H and O–H groups in total. The van der Waals surface area contributed by atoms with Gasteiger partial charge in [0.2, 0.25) is 0 Å². The van der Waals surface area contributed by atoms with Gasteiger partial charge in [0, 0.05) is 21.3 Å². The van der Waals surface area contributed by atoms with Gasteiger partial charge in [-0.15, -0.1) is 0 Å². The third-order valence-electron chi connectivity index (χ3n) is 2.90. The molecule has 0 aromatic rings. The molecule has 0 bridgehead atoms. The van der Waals surface area contributed by atoms with Crippen molar-refractivity contribution < 1.29 is 13.3 Å². The van der Waals surface area contributed by atoms with Gasteiger partial charge < -0.3 is 13.3 Å². The molecule has 0 aliphatic heterocycles. The molecule has 15 heavy (non-hydrogen) atoms. The van der Waals surface area contributed by atoms with Gasteiger partial charge in [-0.2, -0.15) is 0 Å². The first-order chi connectivity index (χ1) is 7.15. The summed E-state index contributed by atoms with van der Waals surface area (Å²) in [4.78, 5) is 2.34. The Morgan fingerprint density at radius 2 is 1.33 bits per heavy atom. The van der Waals surface area contributed by atoms with Crippen molar-refractivity contribution in [2.24, 2.45) is 0 Å². The van der Waals surface area contributed by atoms with Crippen LogP contribution in [0.15, 0.2) is 0 Å². The molecule has 0 aliphatic carbocycles. The first-order valence-electron chi connectivity index (χ1n) is 5.55. The van der Waals surface area contributed by atoms with Crippen molar-refractivity contribution in [3.05, 3.63) is 0 Å². The Balaban J connectivity index is 4.86. The highest BCUT2D eigenvalue weighted by Gasteiger charge is 2.48. The predicted molar refractivity (Wildman–Crippen MR) is 63.8 cm³/mol. The maximum Gasteiger partial charge on any atom is 0.518 e. The van der Waals surface area contributed by atoms with Crippen LogP contribution in [-0.4, -0.2) is 53.8 Å². The molecule has 0 aromatic heterocycles. The largest absolute Gasteiger partial charge is 0.518 e. The molecular weight excluding hydrogens is 210 g/mol. The topological polar surface area (TPSA) is 30.9 Å². The van der Waals surface area contributed by atoms with E-state index in [1.807, 2.05) is 0 Å². The molecule has 0 heterocycles. The summed E-state index contributed by atoms with van der Waals surface area (Å²) in [6.07, 6.45) is 0.976. The van der Waals surface area contributed by atoms with E-state index in [2.05, 4.69) is 25.7 Å². The molecule has 0 aromatic carbocycles. The van der Waals surface area contributed by atoms with E-state index in [4.69, 9.17) is 13.3 Å². The van der Waals surface area contributed by atoms with Crippen molar-refractivity contribution in [2.45, 2.75) is 32.9 Å². The minimum absolute atomic E-state index is 0.243. The normalized spacial score (nSPS) is 14.6. The van der Waals surface area contributed by atoms with Crippen LogP contribution in [0, 0.1) is 0 Å². The molecule has 5 heteroatoms. The van der Waals surface area contributed by atoms with Crippen LogP contribution in [0.25, 0.3) is 0 Å². The fourth-order valence-electron chi connectivity index (χ4n) is 2.05. The SMILES string of the molecule is CCC(N(CC)CC)[Si](OC)(OC)OC. The van der Waals surface area contributed by atoms with Gasteiger partial charge >= 0.3 is 8.80 Å². The van der Waals surface area contributed by atoms with E-state index < -0.39 is 8.80 Å². The van der Waals surface area contributed by atoms with Crippen LogP contribution >= 0.6 is 0 Å². The van der Waals surface area contributed by atoms with Crippen molar-refractivity contribution >= 4 is 8.80 Å². The van der Waals surface area contributed by atoms with Crippen LogP contribution < -0.4 is 0 Å². The molecule has 0 rings (SSSR count). The van der Waals surface area contributed by atoms with Crippen molar-refractivity contribution in [3.8, 4) is 0 Å². The van der Waals surface area contributed by atoms with Crippen molar-refractivity contribution in [3.63, 3.8) is 0 Å². The van der Waals surface area contributed by atoms with Crippen molar-refractivity contribution in [2.75, 3.05) is 34.4 Å². The first-order valence-corrected chi connectivity index (χ1v) is 7.35. The highest BCUT2D eigenvalue weighted by molar-refractivity contribution is 6.62. The van der Waals surface area contributed by atoms with E-state index >= 15 is 0 Å². The summed E-state index contributed by atoms with van der Waals surface area (Å²) >= 11 is 0. The molecule has 4 nitrogen and oxygen atoms in total. The second-order valence-electron chi connectivity index (χ2n) is 3.36. The molecule has 92 valence electrons. The molecule has 0 saturated heterocycles. The summed E-state index contributed by atoms with van der Waals surface area (Å²) in [6, 6.07) is 0. The third kappa shape index (κ3) is 3.25. The zero-order chi connectivity index (χ0) is 11.9. The number of hydrogen-bond donors (Lipinski definition) is 0. The van der Waals surface area contributed by atoms with Gasteiger partial charge in [-0.3, -0.25) is 4.90 Å². The number of hydrogen-bond acceptors (Lipinski definition) is 4. The first kappa shape index (κ1) is 15.1. The zero-order valence-electron chi connectivity index (χ0n) is 10.9. The molecule has 1 atom stereocenters. The molecule has 0 aliphatic rings. The predicted octanol–water partition coefficient (Wildman–Crippen LogP) is 1.52. The summed E-state index contributed by atoms with van der Waals surface area (Å²) in [6.45, 7) is 8.40. The zero-order valence-corrected chi connectivity index (χ0v) is 11.9. The van der Waals surface area contributed by atoms with E-state index in [0.717, 1.165) is 19.5 Å². The molecular formula is C10H25NO3Si. The average molecular weight is 235 g/mol. The Morgan fingerprint density at radius 1 is 0.933 bits per heavy atom. The van der Waals surface area contributed by atoms with E-state index in [1.54, 1.807) is 21.3 Å². The second kappa shape index (κ2) is 7.35. The highest BCUT2D eigenvalue weighted by Crippen LogP contribution is 2.20. The highest BCUT2D eigenvalue weighted by atomic mass is 28.4. The Morgan fingerprint density at radius 3 is 1.53 bits per heavy atom. The summed E-state index contributed by atoms with van der Waals surface area (Å²) in [7, 11) is 2.49. The van der Waals surface area contributed by atoms with Crippen LogP contribution in [0.2, 0.25) is 0 Å². The van der Waals surface area contributed by atoms with Crippen LogP contribution in [0.4, 0.5) is 0 Å². The fourth-order valence-corrected chi connectivity index (χ4v) is 4.68. The van der Waals surface area contributed by atoms with Gasteiger partial charge in [-0.05, 0) is 19.5 Å². The van der Waals surface area contributed by atoms with Crippen LogP contribution in [-0.2, 0) is 13.3 Å². The molecule has 0 saturated carbocycles. The lowest BCUT2D eigenvalue weighted by Crippen LogP contribution is -2.61. The van der Waals surface area contributed by atoms with Gasteiger partial charge in [0.15, 0.2) is 0 Å². The summed E-state index contributed by atoms with van der Waals surface area (Å²) in [5, 5.41) is 0. The Bertz CT molecular complexity index is 152. The maximum atomic E-state index is 5.53. The lowest BCUT2D eigenvalue weighted by atomic mass is 10.4. The Hall–Kier alpha value is 0.0569. The van der Waals surface area contributed by atoms with Gasteiger partial charge in [-0.1, -0.05) is 20.8 Å². The van der Waals surface area contributed by atoms with E-state index in [1.165, 1.54) is 0 Å². The maximum absolute atomic E-state index is 5.53. The van der Waals surface area contributed by atoms with E-state index in [0.29, 0.717) is 0 Å². The van der Waals surface area contributed by atoms with E-state index in [9.17, 15) is 0 Å². The number of rotatable bonds is 8. The second-order valence-corrected chi connectivity index (χ2v) is 6.46. The fraction of sp³-hybridized carbons (Fsp3) is 1.00. The standard InChI is InChI=1S/C10H25NO3Si/c1-7-10(11(8-2)9-3)15(12-4,13-5)14-6/h10H,7-9H2,1-6H3. The van der Waals surface area contributed by atoms with Crippen molar-refractivity contribution in [1.29, 1.82) is 0 Å². The molecule has 0 radical (unpaired) electrons. The van der Waals surface area contributed by atoms with Gasteiger partial charge in [-0.25, -0.2) is 0 Å². The van der Waals surface area contributed by atoms with Gasteiger partial charge in [0.1, 0.15) is 0 Å². The van der Waals surface area contributed by atoms with Gasteiger partial charge in [0.05, 0.1) is 5.67 Å². The van der Waals surface area contributed by atoms with Gasteiger partial charge in [0.25, 0.3) is 0 Å². The Labute approximate surface area is 94.9 Å². The molecule has 0 spiro atoms. The third-order valence-corrected chi connectivity index (χ3v) is 6.20.